The molecule has 0 radical (unpaired) electrons. The Labute approximate surface area is 395 Å². The highest BCUT2D eigenvalue weighted by Crippen LogP contribution is 2.41. The van der Waals surface area contributed by atoms with Gasteiger partial charge in [-0.15, -0.1) is 0 Å². The van der Waals surface area contributed by atoms with Crippen molar-refractivity contribution in [1.29, 1.82) is 0 Å². The highest BCUT2D eigenvalue weighted by molar-refractivity contribution is 6.10. The first-order chi connectivity index (χ1) is 33.7. The molecule has 13 rings (SSSR count). The average molecular weight is 865 g/mol. The van der Waals surface area contributed by atoms with Crippen LogP contribution >= 0.6 is 0 Å². The number of benzene rings is 12. The summed E-state index contributed by atoms with van der Waals surface area (Å²) in [7, 11) is 0. The number of hydrogen-bond acceptors (Lipinski definition) is 1. The summed E-state index contributed by atoms with van der Waals surface area (Å²) < 4.78 is 2.42. The van der Waals surface area contributed by atoms with Crippen molar-refractivity contribution in [1.82, 2.24) is 4.57 Å². The van der Waals surface area contributed by atoms with Crippen LogP contribution in [0, 0.1) is 0 Å². The molecule has 0 saturated carbocycles. The maximum atomic E-state index is 2.42. The first-order valence-electron chi connectivity index (χ1n) is 23.4. The molecule has 0 spiro atoms. The van der Waals surface area contributed by atoms with Crippen LogP contribution in [0.5, 0.6) is 0 Å². The lowest BCUT2D eigenvalue weighted by Gasteiger charge is -2.26. The topological polar surface area (TPSA) is 8.17 Å². The van der Waals surface area contributed by atoms with Gasteiger partial charge in [-0.1, -0.05) is 200 Å². The molecule has 0 fully saturated rings. The number of nitrogens with zero attached hydrogens (tertiary/aromatic N) is 2. The van der Waals surface area contributed by atoms with E-state index in [1.165, 1.54) is 98.8 Å². The lowest BCUT2D eigenvalue weighted by molar-refractivity contribution is 1.18. The van der Waals surface area contributed by atoms with Crippen molar-refractivity contribution in [3.8, 4) is 50.2 Å². The van der Waals surface area contributed by atoms with Crippen LogP contribution in [-0.2, 0) is 0 Å². The molecular weight excluding hydrogens is 821 g/mol. The number of rotatable bonds is 8. The zero-order chi connectivity index (χ0) is 45.0. The number of para-hydroxylation sites is 3. The third kappa shape index (κ3) is 6.82. The van der Waals surface area contributed by atoms with Crippen LogP contribution in [0.4, 0.5) is 17.1 Å². The summed E-state index contributed by atoms with van der Waals surface area (Å²) in [5, 5.41) is 10.1. The van der Waals surface area contributed by atoms with E-state index in [9.17, 15) is 0 Å². The Kier molecular flexibility index (Phi) is 9.54. The Hall–Kier alpha value is -8.98. The molecule has 68 heavy (non-hydrogen) atoms. The van der Waals surface area contributed by atoms with Crippen molar-refractivity contribution in [2.75, 3.05) is 4.90 Å². The Morgan fingerprint density at radius 2 is 0.676 bits per heavy atom. The monoisotopic (exact) mass is 864 g/mol. The van der Waals surface area contributed by atoms with Crippen LogP contribution in [0.15, 0.2) is 267 Å². The van der Waals surface area contributed by atoms with Crippen molar-refractivity contribution in [3.05, 3.63) is 267 Å². The zero-order valence-electron chi connectivity index (χ0n) is 37.3. The van der Waals surface area contributed by atoms with Crippen LogP contribution in [0.3, 0.4) is 0 Å². The number of hydrogen-bond donors (Lipinski definition) is 0. The largest absolute Gasteiger partial charge is 0.311 e. The molecule has 0 saturated heterocycles. The molecule has 0 aliphatic rings. The molecule has 318 valence electrons. The van der Waals surface area contributed by atoms with Gasteiger partial charge in [-0.25, -0.2) is 0 Å². The second kappa shape index (κ2) is 16.5. The normalized spacial score (nSPS) is 11.5. The van der Waals surface area contributed by atoms with Crippen molar-refractivity contribution in [2.45, 2.75) is 0 Å². The highest BCUT2D eigenvalue weighted by Gasteiger charge is 2.17. The summed E-state index contributed by atoms with van der Waals surface area (Å²) in [5.41, 5.74) is 16.4. The standard InChI is InChI=1S/C66H44N2/c1-3-18-57-47(13-1)15-12-23-59(57)49-33-40-56(41-34-49)67(55-38-31-46(32-39-55)51-35-42-60-53(44-51)28-27-48-14-2-4-19-58(48)60)54-36-29-45(30-37-54)50-16-11-17-52(43-50)61-20-5-8-24-64(61)68-65-25-9-6-21-62(65)63-22-7-10-26-66(63)68/h1-44H. The maximum absolute atomic E-state index is 2.42. The van der Waals surface area contributed by atoms with Gasteiger partial charge in [0.2, 0.25) is 0 Å². The quantitative estimate of drug-likeness (QED) is 0.138. The van der Waals surface area contributed by atoms with E-state index >= 15 is 0 Å². The molecule has 0 N–H and O–H groups in total. The Balaban J connectivity index is 0.866. The average Bonchev–Trinajstić information content (AvgIpc) is 3.75. The smallest absolute Gasteiger partial charge is 0.0541 e. The second-order valence-electron chi connectivity index (χ2n) is 17.7. The molecule has 13 aromatic rings. The van der Waals surface area contributed by atoms with Gasteiger partial charge in [0.25, 0.3) is 0 Å². The summed E-state index contributed by atoms with van der Waals surface area (Å²) >= 11 is 0. The minimum absolute atomic E-state index is 1.09. The molecule has 0 aliphatic carbocycles. The van der Waals surface area contributed by atoms with Crippen LogP contribution < -0.4 is 4.90 Å². The zero-order valence-corrected chi connectivity index (χ0v) is 37.3. The fourth-order valence-electron chi connectivity index (χ4n) is 10.5. The van der Waals surface area contributed by atoms with Crippen molar-refractivity contribution in [2.24, 2.45) is 0 Å². The summed E-state index contributed by atoms with van der Waals surface area (Å²) in [6.07, 6.45) is 0. The highest BCUT2D eigenvalue weighted by atomic mass is 15.1. The molecule has 12 aromatic carbocycles. The van der Waals surface area contributed by atoms with Gasteiger partial charge in [0, 0.05) is 33.4 Å². The predicted molar refractivity (Wildman–Crippen MR) is 290 cm³/mol. The van der Waals surface area contributed by atoms with Crippen LogP contribution in [0.25, 0.3) is 104 Å². The molecule has 2 nitrogen and oxygen atoms in total. The van der Waals surface area contributed by atoms with Gasteiger partial charge in [0.05, 0.1) is 16.7 Å². The molecule has 1 aromatic heterocycles. The summed E-state index contributed by atoms with van der Waals surface area (Å²) in [5.74, 6) is 0. The van der Waals surface area contributed by atoms with Crippen molar-refractivity contribution in [3.63, 3.8) is 0 Å². The Bertz CT molecular complexity index is 3950. The van der Waals surface area contributed by atoms with Gasteiger partial charge in [-0.3, -0.25) is 0 Å². The first-order valence-corrected chi connectivity index (χ1v) is 23.4. The van der Waals surface area contributed by atoms with Gasteiger partial charge >= 0.3 is 0 Å². The van der Waals surface area contributed by atoms with E-state index in [-0.39, 0.29) is 0 Å². The summed E-state index contributed by atoms with van der Waals surface area (Å²) in [6, 6.07) is 97.4. The van der Waals surface area contributed by atoms with Gasteiger partial charge in [-0.05, 0) is 138 Å². The van der Waals surface area contributed by atoms with Gasteiger partial charge in [-0.2, -0.15) is 0 Å². The van der Waals surface area contributed by atoms with Crippen LogP contribution in [0.2, 0.25) is 0 Å². The Morgan fingerprint density at radius 3 is 1.35 bits per heavy atom. The van der Waals surface area contributed by atoms with Gasteiger partial charge in [0.1, 0.15) is 0 Å². The van der Waals surface area contributed by atoms with E-state index in [0.717, 1.165) is 22.6 Å². The molecule has 1 heterocycles. The fourth-order valence-corrected chi connectivity index (χ4v) is 10.5. The molecule has 0 bridgehead atoms. The van der Waals surface area contributed by atoms with Gasteiger partial charge < -0.3 is 9.47 Å². The first kappa shape index (κ1) is 39.4. The molecule has 2 heteroatoms. The van der Waals surface area contributed by atoms with Crippen LogP contribution in [0.1, 0.15) is 0 Å². The molecule has 0 atom stereocenters. The van der Waals surface area contributed by atoms with E-state index in [1.54, 1.807) is 0 Å². The molecular formula is C66H44N2. The number of fused-ring (bicyclic) bond motifs is 7. The predicted octanol–water partition coefficient (Wildman–Crippen LogP) is 18.4. The number of anilines is 3. The SMILES string of the molecule is c1cc(-c2ccc(N(c3ccc(-c4ccc5c(ccc6ccccc65)c4)cc3)c3ccc(-c4cccc5ccccc45)cc3)cc2)cc(-c2ccccc2-n2c3ccccc3c3ccccc32)c1. The van der Waals surface area contributed by atoms with E-state index in [2.05, 4.69) is 276 Å². The molecule has 0 unspecified atom stereocenters. The lowest BCUT2D eigenvalue weighted by atomic mass is 9.97. The van der Waals surface area contributed by atoms with E-state index in [4.69, 9.17) is 0 Å². The third-order valence-corrected chi connectivity index (χ3v) is 13.8. The van der Waals surface area contributed by atoms with Gasteiger partial charge in [0.15, 0.2) is 0 Å². The van der Waals surface area contributed by atoms with Crippen molar-refractivity contribution >= 4 is 71.2 Å². The van der Waals surface area contributed by atoms with E-state index < -0.39 is 0 Å². The van der Waals surface area contributed by atoms with E-state index in [1.807, 2.05) is 0 Å². The third-order valence-electron chi connectivity index (χ3n) is 13.8. The lowest BCUT2D eigenvalue weighted by Crippen LogP contribution is -2.09. The summed E-state index contributed by atoms with van der Waals surface area (Å²) in [4.78, 5) is 2.37. The fraction of sp³-hybridized carbons (Fsp3) is 0. The summed E-state index contributed by atoms with van der Waals surface area (Å²) in [6.45, 7) is 0. The van der Waals surface area contributed by atoms with Crippen molar-refractivity contribution < 1.29 is 0 Å². The number of aromatic nitrogens is 1. The Morgan fingerprint density at radius 1 is 0.235 bits per heavy atom. The maximum Gasteiger partial charge on any atom is 0.0541 e. The minimum Gasteiger partial charge on any atom is -0.311 e. The van der Waals surface area contributed by atoms with Crippen LogP contribution in [-0.4, -0.2) is 4.57 Å². The van der Waals surface area contributed by atoms with E-state index in [0.29, 0.717) is 0 Å². The second-order valence-corrected chi connectivity index (χ2v) is 17.7. The molecule has 0 aliphatic heterocycles. The molecule has 0 amide bonds. The minimum atomic E-state index is 1.09.